The van der Waals surface area contributed by atoms with Gasteiger partial charge in [0.15, 0.2) is 0 Å². The summed E-state index contributed by atoms with van der Waals surface area (Å²) < 4.78 is 0. The molecule has 0 saturated carbocycles. The fourth-order valence-corrected chi connectivity index (χ4v) is 1.98. The minimum Gasteiger partial charge on any atom is -0.0915 e. The summed E-state index contributed by atoms with van der Waals surface area (Å²) in [6.07, 6.45) is 3.76. The summed E-state index contributed by atoms with van der Waals surface area (Å²) in [5, 5.41) is 0. The first-order chi connectivity index (χ1) is 7.79. The van der Waals surface area contributed by atoms with Gasteiger partial charge in [0.05, 0.1) is 13.1 Å². The maximum Gasteiger partial charge on any atom is 0.0989 e. The van der Waals surface area contributed by atoms with E-state index in [4.69, 9.17) is 7.74 Å². The van der Waals surface area contributed by atoms with Crippen LogP contribution in [0.25, 0.3) is 0 Å². The molecule has 0 spiro atoms. The summed E-state index contributed by atoms with van der Waals surface area (Å²) in [6.45, 7) is 8.35. The molecule has 0 aliphatic rings. The van der Waals surface area contributed by atoms with E-state index >= 15 is 0 Å². The van der Waals surface area contributed by atoms with Crippen LogP contribution in [0.3, 0.4) is 0 Å². The van der Waals surface area contributed by atoms with Gasteiger partial charge in [-0.3, -0.25) is 0 Å². The fourth-order valence-electron chi connectivity index (χ4n) is 1.98. The Kier molecular flexibility index (Phi) is 12.6. The second-order valence-electron chi connectivity index (χ2n) is 4.00. The molecule has 0 atom stereocenters. The summed E-state index contributed by atoms with van der Waals surface area (Å²) in [4.78, 5) is 0. The van der Waals surface area contributed by atoms with Gasteiger partial charge in [0.25, 0.3) is 0 Å². The maximum absolute atomic E-state index is 5.23. The van der Waals surface area contributed by atoms with Crippen LogP contribution < -0.4 is 0 Å². The van der Waals surface area contributed by atoms with Crippen molar-refractivity contribution in [3.05, 3.63) is 0 Å². The monoisotopic (exact) mass is 197 g/mol. The van der Waals surface area contributed by atoms with E-state index in [-0.39, 0.29) is 0 Å². The lowest BCUT2D eigenvalue weighted by Gasteiger charge is -2.17. The molecule has 16 heavy (non-hydrogen) atoms. The molecular formula is C6H15B10. The first-order valence-corrected chi connectivity index (χ1v) is 6.35. The predicted molar refractivity (Wildman–Crippen MR) is 89.0 cm³/mol. The van der Waals surface area contributed by atoms with Gasteiger partial charge < -0.3 is 0 Å². The van der Waals surface area contributed by atoms with E-state index in [9.17, 15) is 0 Å². The zero-order valence-electron chi connectivity index (χ0n) is 10.9. The summed E-state index contributed by atoms with van der Waals surface area (Å²) in [5.41, 5.74) is 0. The van der Waals surface area contributed by atoms with E-state index in [1.807, 2.05) is 21.2 Å². The minimum atomic E-state index is 0.713. The Hall–Kier alpha value is 0.649. The molecule has 0 aliphatic heterocycles. The molecule has 0 aromatic rings. The smallest absolute Gasteiger partial charge is 0.0915 e. The maximum atomic E-state index is 5.23. The molecule has 0 rings (SSSR count). The van der Waals surface area contributed by atoms with Crippen molar-refractivity contribution in [3.8, 4) is 0 Å². The molecule has 0 fully saturated rings. The Balaban J connectivity index is 3.54. The molecule has 0 bridgehead atoms. The zero-order chi connectivity index (χ0) is 12.2. The molecule has 0 aliphatic carbocycles. The van der Waals surface area contributed by atoms with Gasteiger partial charge in [-0.2, -0.15) is 0 Å². The second-order valence-corrected chi connectivity index (χ2v) is 4.00. The molecule has 0 aromatic carbocycles. The average molecular weight is 195 g/mol. The number of rotatable bonds is 11. The Morgan fingerprint density at radius 1 is 0.812 bits per heavy atom. The van der Waals surface area contributed by atoms with Gasteiger partial charge >= 0.3 is 0 Å². The highest BCUT2D eigenvalue weighted by atomic mass is 13.6. The standard InChI is InChI=1S/C6H15B10/c1-4-15(5-2)16(6-3)14-13-12-11-10-9-8-7/h4-6H2,1-3H3. The van der Waals surface area contributed by atoms with Gasteiger partial charge in [-0.25, -0.2) is 0 Å². The van der Waals surface area contributed by atoms with Crippen LogP contribution in [0.2, 0.25) is 19.0 Å². The van der Waals surface area contributed by atoms with Crippen molar-refractivity contribution in [1.82, 2.24) is 0 Å². The van der Waals surface area contributed by atoms with Crippen molar-refractivity contribution in [2.45, 2.75) is 39.7 Å². The third-order valence-corrected chi connectivity index (χ3v) is 3.04. The Bertz CT molecular complexity index is 139. The molecule has 0 saturated heterocycles. The quantitative estimate of drug-likeness (QED) is 0.296. The van der Waals surface area contributed by atoms with Gasteiger partial charge in [0.1, 0.15) is 0 Å². The molecule has 0 amide bonds. The lowest BCUT2D eigenvalue weighted by atomic mass is 8.81. The Morgan fingerprint density at radius 2 is 1.38 bits per heavy atom. The summed E-state index contributed by atoms with van der Waals surface area (Å²) in [6, 6.07) is 0. The minimum absolute atomic E-state index is 0.713. The van der Waals surface area contributed by atoms with Gasteiger partial charge in [0, 0.05) is 57.2 Å². The van der Waals surface area contributed by atoms with E-state index in [0.717, 1.165) is 6.60 Å². The van der Waals surface area contributed by atoms with Crippen molar-refractivity contribution in [1.29, 1.82) is 0 Å². The Labute approximate surface area is 110 Å². The molecule has 10 heteroatoms. The van der Waals surface area contributed by atoms with E-state index in [1.165, 1.54) is 26.0 Å². The third kappa shape index (κ3) is 7.85. The van der Waals surface area contributed by atoms with Gasteiger partial charge in [-0.1, -0.05) is 39.7 Å². The summed E-state index contributed by atoms with van der Waals surface area (Å²) in [7, 11) is 19.0. The van der Waals surface area contributed by atoms with Crippen LogP contribution >= 0.6 is 0 Å². The molecular weight excluding hydrogens is 180 g/mol. The number of hydrogen-bond donors (Lipinski definition) is 0. The van der Waals surface area contributed by atoms with Crippen LogP contribution in [0, 0.1) is 0 Å². The first kappa shape index (κ1) is 16.6. The topological polar surface area (TPSA) is 0 Å². The lowest BCUT2D eigenvalue weighted by Crippen LogP contribution is -2.44. The van der Waals surface area contributed by atoms with Crippen molar-refractivity contribution >= 4 is 70.3 Å². The highest BCUT2D eigenvalue weighted by Gasteiger charge is 2.22. The van der Waals surface area contributed by atoms with Gasteiger partial charge in [-0.05, 0) is 0 Å². The molecule has 9 radical (unpaired) electrons. The molecule has 0 unspecified atom stereocenters. The van der Waals surface area contributed by atoms with Crippen molar-refractivity contribution < 1.29 is 0 Å². The molecule has 0 aromatic heterocycles. The third-order valence-electron chi connectivity index (χ3n) is 3.04. The molecule has 0 nitrogen and oxygen atoms in total. The van der Waals surface area contributed by atoms with Crippen LogP contribution in [-0.2, 0) is 0 Å². The van der Waals surface area contributed by atoms with Crippen molar-refractivity contribution in [2.75, 3.05) is 0 Å². The van der Waals surface area contributed by atoms with Gasteiger partial charge in [0.2, 0.25) is 0 Å². The Morgan fingerprint density at radius 3 is 1.88 bits per heavy atom. The highest BCUT2D eigenvalue weighted by Crippen LogP contribution is 2.05. The molecule has 0 N–H and O–H groups in total. The van der Waals surface area contributed by atoms with E-state index in [2.05, 4.69) is 42.0 Å². The largest absolute Gasteiger partial charge is 0.0989 e. The first-order valence-electron chi connectivity index (χ1n) is 6.35. The van der Waals surface area contributed by atoms with E-state index in [1.54, 1.807) is 0 Å². The van der Waals surface area contributed by atoms with Crippen LogP contribution in [0.5, 0.6) is 0 Å². The molecule has 0 heterocycles. The van der Waals surface area contributed by atoms with Gasteiger partial charge in [-0.15, -0.1) is 0 Å². The van der Waals surface area contributed by atoms with Crippen LogP contribution in [-0.4, -0.2) is 70.3 Å². The lowest BCUT2D eigenvalue weighted by molar-refractivity contribution is 1.33. The fraction of sp³-hybridized carbons (Fsp3) is 1.00. The SMILES string of the molecule is [B][B][B][B][B][B][B][B]B(CC)B(CC)CC. The summed E-state index contributed by atoms with van der Waals surface area (Å²) >= 11 is 0. The van der Waals surface area contributed by atoms with Crippen molar-refractivity contribution in [3.63, 3.8) is 0 Å². The zero-order valence-corrected chi connectivity index (χ0v) is 10.9. The normalized spacial score (nSPS) is 8.69. The van der Waals surface area contributed by atoms with Crippen LogP contribution in [0.4, 0.5) is 0 Å². The second kappa shape index (κ2) is 12.1. The van der Waals surface area contributed by atoms with Crippen molar-refractivity contribution in [2.24, 2.45) is 0 Å². The highest BCUT2D eigenvalue weighted by molar-refractivity contribution is 7.71. The average Bonchev–Trinajstić information content (AvgIpc) is 2.32. The van der Waals surface area contributed by atoms with E-state index in [0.29, 0.717) is 6.49 Å². The van der Waals surface area contributed by atoms with Crippen LogP contribution in [0.15, 0.2) is 0 Å². The van der Waals surface area contributed by atoms with Crippen LogP contribution in [0.1, 0.15) is 20.8 Å². The molecule has 69 valence electrons. The summed E-state index contributed by atoms with van der Waals surface area (Å²) in [5.74, 6) is 0. The number of hydrogen-bond acceptors (Lipinski definition) is 0. The van der Waals surface area contributed by atoms with E-state index < -0.39 is 0 Å². The predicted octanol–water partition coefficient (Wildman–Crippen LogP) is -0.886.